The van der Waals surface area contributed by atoms with Gasteiger partial charge in [0.1, 0.15) is 0 Å². The van der Waals surface area contributed by atoms with E-state index in [1.807, 2.05) is 0 Å². The minimum absolute atomic E-state index is 0.302. The van der Waals surface area contributed by atoms with Crippen LogP contribution in [0, 0.1) is 11.3 Å². The molecule has 0 bridgehead atoms. The normalized spacial score (nSPS) is 23.1. The highest BCUT2D eigenvalue weighted by molar-refractivity contribution is 5.78. The maximum atomic E-state index is 12.1. The highest BCUT2D eigenvalue weighted by Gasteiger charge is 2.32. The average molecular weight is 252 g/mol. The molecule has 3 nitrogen and oxygen atoms in total. The van der Waals surface area contributed by atoms with Crippen molar-refractivity contribution in [3.63, 3.8) is 0 Å². The van der Waals surface area contributed by atoms with Crippen LogP contribution in [-0.4, -0.2) is 37.0 Å². The summed E-state index contributed by atoms with van der Waals surface area (Å²) in [6.07, 6.45) is 7.58. The van der Waals surface area contributed by atoms with Gasteiger partial charge in [-0.3, -0.25) is 4.79 Å². The summed E-state index contributed by atoms with van der Waals surface area (Å²) < 4.78 is 0. The predicted molar refractivity (Wildman–Crippen MR) is 74.4 cm³/mol. The maximum absolute atomic E-state index is 12.1. The Hall–Kier alpha value is -0.570. The smallest absolute Gasteiger partial charge is 0.236 e. The zero-order chi connectivity index (χ0) is 13.0. The van der Waals surface area contributed by atoms with Gasteiger partial charge >= 0.3 is 0 Å². The first-order valence-corrected chi connectivity index (χ1v) is 7.67. The number of hydrogen-bond donors (Lipinski definition) is 1. The number of hydrogen-bond acceptors (Lipinski definition) is 2. The zero-order valence-corrected chi connectivity index (χ0v) is 12.0. The molecule has 2 fully saturated rings. The number of nitrogens with one attached hydrogen (secondary N) is 1. The number of likely N-dealkylation sites (tertiary alicyclic amines) is 1. The number of rotatable bonds is 6. The molecule has 18 heavy (non-hydrogen) atoms. The van der Waals surface area contributed by atoms with E-state index >= 15 is 0 Å². The molecule has 1 aliphatic heterocycles. The van der Waals surface area contributed by atoms with Crippen LogP contribution in [0.5, 0.6) is 0 Å². The summed E-state index contributed by atoms with van der Waals surface area (Å²) in [5.41, 5.74) is 0.512. The SMILES string of the molecule is CCC1(CC)CCN(C(=O)CNCC2CC2)CC1. The van der Waals surface area contributed by atoms with Crippen molar-refractivity contribution in [3.8, 4) is 0 Å². The summed E-state index contributed by atoms with van der Waals surface area (Å²) in [6.45, 7) is 8.09. The van der Waals surface area contributed by atoms with Crippen molar-refractivity contribution in [2.24, 2.45) is 11.3 Å². The van der Waals surface area contributed by atoms with Crippen LogP contribution in [0.2, 0.25) is 0 Å². The van der Waals surface area contributed by atoms with Gasteiger partial charge in [-0.15, -0.1) is 0 Å². The Kier molecular flexibility index (Phi) is 4.66. The first kappa shape index (κ1) is 13.9. The summed E-state index contributed by atoms with van der Waals surface area (Å²) in [5.74, 6) is 1.16. The maximum Gasteiger partial charge on any atom is 0.236 e. The van der Waals surface area contributed by atoms with Crippen molar-refractivity contribution >= 4 is 5.91 Å². The van der Waals surface area contributed by atoms with Crippen LogP contribution in [0.4, 0.5) is 0 Å². The lowest BCUT2D eigenvalue weighted by molar-refractivity contribution is -0.132. The Morgan fingerprint density at radius 2 is 1.83 bits per heavy atom. The molecule has 0 aromatic rings. The molecule has 2 rings (SSSR count). The molecule has 0 radical (unpaired) electrons. The third-order valence-corrected chi connectivity index (χ3v) is 5.08. The minimum atomic E-state index is 0.302. The van der Waals surface area contributed by atoms with Crippen molar-refractivity contribution in [1.29, 1.82) is 0 Å². The minimum Gasteiger partial charge on any atom is -0.342 e. The molecule has 1 N–H and O–H groups in total. The monoisotopic (exact) mass is 252 g/mol. The number of carbonyl (C=O) groups excluding carboxylic acids is 1. The number of nitrogens with zero attached hydrogens (tertiary/aromatic N) is 1. The van der Waals surface area contributed by atoms with E-state index in [0.717, 1.165) is 25.6 Å². The van der Waals surface area contributed by atoms with E-state index in [1.165, 1.54) is 38.5 Å². The summed E-state index contributed by atoms with van der Waals surface area (Å²) in [4.78, 5) is 14.1. The molecular weight excluding hydrogens is 224 g/mol. The van der Waals surface area contributed by atoms with Crippen molar-refractivity contribution in [3.05, 3.63) is 0 Å². The molecule has 0 spiro atoms. The highest BCUT2D eigenvalue weighted by Crippen LogP contribution is 2.37. The van der Waals surface area contributed by atoms with Gasteiger partial charge in [0.15, 0.2) is 0 Å². The summed E-state index contributed by atoms with van der Waals surface area (Å²) in [7, 11) is 0. The summed E-state index contributed by atoms with van der Waals surface area (Å²) >= 11 is 0. The fourth-order valence-corrected chi connectivity index (χ4v) is 3.00. The number of amides is 1. The molecule has 0 aromatic heterocycles. The summed E-state index contributed by atoms with van der Waals surface area (Å²) in [5, 5.41) is 3.30. The fraction of sp³-hybridized carbons (Fsp3) is 0.933. The van der Waals surface area contributed by atoms with Gasteiger partial charge in [-0.2, -0.15) is 0 Å². The molecule has 3 heteroatoms. The number of carbonyl (C=O) groups is 1. The van der Waals surface area contributed by atoms with Crippen molar-refractivity contribution in [2.75, 3.05) is 26.2 Å². The Morgan fingerprint density at radius 1 is 1.22 bits per heavy atom. The predicted octanol–water partition coefficient (Wildman–Crippen LogP) is 2.41. The molecule has 1 saturated carbocycles. The van der Waals surface area contributed by atoms with Crippen LogP contribution in [0.3, 0.4) is 0 Å². The van der Waals surface area contributed by atoms with Gasteiger partial charge in [0.25, 0.3) is 0 Å². The molecule has 1 amide bonds. The molecule has 2 aliphatic rings. The molecular formula is C15H28N2O. The molecule has 1 aliphatic carbocycles. The first-order chi connectivity index (χ1) is 8.69. The molecule has 0 aromatic carbocycles. The van der Waals surface area contributed by atoms with E-state index in [0.29, 0.717) is 17.9 Å². The topological polar surface area (TPSA) is 32.3 Å². The van der Waals surface area contributed by atoms with Crippen molar-refractivity contribution in [1.82, 2.24) is 10.2 Å². The Balaban J connectivity index is 1.69. The van der Waals surface area contributed by atoms with Gasteiger partial charge in [-0.05, 0) is 43.6 Å². The average Bonchev–Trinajstić information content (AvgIpc) is 3.23. The van der Waals surface area contributed by atoms with Crippen LogP contribution in [-0.2, 0) is 4.79 Å². The van der Waals surface area contributed by atoms with E-state index in [9.17, 15) is 4.79 Å². The zero-order valence-electron chi connectivity index (χ0n) is 12.0. The molecule has 104 valence electrons. The molecule has 1 heterocycles. The quantitative estimate of drug-likeness (QED) is 0.787. The second kappa shape index (κ2) is 6.05. The van der Waals surface area contributed by atoms with E-state index in [2.05, 4.69) is 24.1 Å². The molecule has 0 unspecified atom stereocenters. The van der Waals surface area contributed by atoms with Gasteiger partial charge < -0.3 is 10.2 Å². The van der Waals surface area contributed by atoms with Crippen molar-refractivity contribution in [2.45, 2.75) is 52.4 Å². The van der Waals surface area contributed by atoms with Crippen LogP contribution >= 0.6 is 0 Å². The van der Waals surface area contributed by atoms with E-state index < -0.39 is 0 Å². The highest BCUT2D eigenvalue weighted by atomic mass is 16.2. The van der Waals surface area contributed by atoms with Gasteiger partial charge in [0.2, 0.25) is 5.91 Å². The van der Waals surface area contributed by atoms with E-state index in [4.69, 9.17) is 0 Å². The van der Waals surface area contributed by atoms with Crippen LogP contribution in [0.25, 0.3) is 0 Å². The van der Waals surface area contributed by atoms with Crippen LogP contribution < -0.4 is 5.32 Å². The standard InChI is InChI=1S/C15H28N2O/c1-3-15(4-2)7-9-17(10-8-15)14(18)12-16-11-13-5-6-13/h13,16H,3-12H2,1-2H3. The largest absolute Gasteiger partial charge is 0.342 e. The molecule has 1 saturated heterocycles. The fourth-order valence-electron chi connectivity index (χ4n) is 3.00. The van der Waals surface area contributed by atoms with E-state index in [-0.39, 0.29) is 0 Å². The third kappa shape index (κ3) is 3.47. The van der Waals surface area contributed by atoms with Crippen LogP contribution in [0.15, 0.2) is 0 Å². The third-order valence-electron chi connectivity index (χ3n) is 5.08. The first-order valence-electron chi connectivity index (χ1n) is 7.67. The summed E-state index contributed by atoms with van der Waals surface area (Å²) in [6, 6.07) is 0. The van der Waals surface area contributed by atoms with Gasteiger partial charge in [-0.1, -0.05) is 26.7 Å². The molecule has 0 atom stereocenters. The van der Waals surface area contributed by atoms with Crippen molar-refractivity contribution < 1.29 is 4.79 Å². The van der Waals surface area contributed by atoms with E-state index in [1.54, 1.807) is 0 Å². The van der Waals surface area contributed by atoms with Crippen LogP contribution in [0.1, 0.15) is 52.4 Å². The lowest BCUT2D eigenvalue weighted by Crippen LogP contribution is -2.46. The Morgan fingerprint density at radius 3 is 2.33 bits per heavy atom. The second-order valence-corrected chi connectivity index (χ2v) is 6.16. The Labute approximate surface area is 111 Å². The van der Waals surface area contributed by atoms with Gasteiger partial charge in [0.05, 0.1) is 6.54 Å². The lowest BCUT2D eigenvalue weighted by atomic mass is 9.74. The van der Waals surface area contributed by atoms with Gasteiger partial charge in [-0.25, -0.2) is 0 Å². The van der Waals surface area contributed by atoms with Gasteiger partial charge in [0, 0.05) is 13.1 Å². The number of piperidine rings is 1. The second-order valence-electron chi connectivity index (χ2n) is 6.16. The lowest BCUT2D eigenvalue weighted by Gasteiger charge is -2.41. The Bertz CT molecular complexity index is 272.